The van der Waals surface area contributed by atoms with Gasteiger partial charge in [-0.25, -0.2) is 0 Å². The molecule has 0 spiro atoms. The van der Waals surface area contributed by atoms with Gasteiger partial charge in [-0.1, -0.05) is 15.9 Å². The van der Waals surface area contributed by atoms with Crippen LogP contribution < -0.4 is 5.32 Å². The molecule has 1 N–H and O–H groups in total. The Morgan fingerprint density at radius 1 is 1.61 bits per heavy atom. The molecule has 1 heterocycles. The maximum Gasteiger partial charge on any atom is 0.227 e. The molecule has 1 fully saturated rings. The van der Waals surface area contributed by atoms with Crippen LogP contribution in [-0.4, -0.2) is 18.6 Å². The summed E-state index contributed by atoms with van der Waals surface area (Å²) >= 11 is 3.29. The zero-order valence-electron chi connectivity index (χ0n) is 9.78. The molecule has 18 heavy (non-hydrogen) atoms. The van der Waals surface area contributed by atoms with Crippen molar-refractivity contribution in [2.24, 2.45) is 0 Å². The molecule has 1 saturated heterocycles. The van der Waals surface area contributed by atoms with Crippen molar-refractivity contribution in [1.29, 1.82) is 5.26 Å². The van der Waals surface area contributed by atoms with Gasteiger partial charge in [-0.05, 0) is 31.0 Å². The fourth-order valence-electron chi connectivity index (χ4n) is 1.93. The summed E-state index contributed by atoms with van der Waals surface area (Å²) in [6, 6.07) is 7.25. The lowest BCUT2D eigenvalue weighted by atomic mass is 10.1. The number of carbonyl (C=O) groups excluding carboxylic acids is 1. The summed E-state index contributed by atoms with van der Waals surface area (Å²) in [5.74, 6) is -0.110. The summed E-state index contributed by atoms with van der Waals surface area (Å²) in [6.07, 6.45) is 2.31. The summed E-state index contributed by atoms with van der Waals surface area (Å²) in [5, 5.41) is 11.7. The van der Waals surface area contributed by atoms with Gasteiger partial charge in [0.05, 0.1) is 23.8 Å². The van der Waals surface area contributed by atoms with Crippen molar-refractivity contribution >= 4 is 27.5 Å². The van der Waals surface area contributed by atoms with E-state index in [0.29, 0.717) is 17.7 Å². The van der Waals surface area contributed by atoms with Crippen LogP contribution in [0.4, 0.5) is 5.69 Å². The maximum atomic E-state index is 11.8. The lowest BCUT2D eigenvalue weighted by molar-refractivity contribution is -0.118. The van der Waals surface area contributed by atoms with Gasteiger partial charge in [-0.2, -0.15) is 5.26 Å². The van der Waals surface area contributed by atoms with E-state index in [1.165, 1.54) is 0 Å². The molecule has 1 aromatic rings. The molecule has 1 aliphatic rings. The van der Waals surface area contributed by atoms with Gasteiger partial charge < -0.3 is 10.1 Å². The first kappa shape index (κ1) is 13.1. The summed E-state index contributed by atoms with van der Waals surface area (Å²) in [4.78, 5) is 11.8. The number of nitriles is 1. The molecule has 0 aliphatic carbocycles. The molecular formula is C13H13BrN2O2. The first-order valence-electron chi connectivity index (χ1n) is 5.80. The van der Waals surface area contributed by atoms with E-state index in [9.17, 15) is 4.79 Å². The normalized spacial score (nSPS) is 18.3. The smallest absolute Gasteiger partial charge is 0.227 e. The molecule has 1 aliphatic heterocycles. The number of ether oxygens (including phenoxy) is 1. The fraction of sp³-hybridized carbons (Fsp3) is 0.385. The van der Waals surface area contributed by atoms with E-state index in [1.54, 1.807) is 18.2 Å². The highest BCUT2D eigenvalue weighted by Gasteiger charge is 2.19. The van der Waals surface area contributed by atoms with Gasteiger partial charge in [0.15, 0.2) is 0 Å². The van der Waals surface area contributed by atoms with Gasteiger partial charge in [0.1, 0.15) is 6.07 Å². The Bertz CT molecular complexity index is 490. The second kappa shape index (κ2) is 5.98. The Morgan fingerprint density at radius 2 is 2.44 bits per heavy atom. The number of hydrogen-bond donors (Lipinski definition) is 1. The SMILES string of the molecule is N#Cc1cc(Br)ccc1NC(=O)CC1CCCO1. The molecule has 0 radical (unpaired) electrons. The first-order chi connectivity index (χ1) is 8.69. The van der Waals surface area contributed by atoms with Gasteiger partial charge in [-0.3, -0.25) is 4.79 Å². The fourth-order valence-corrected chi connectivity index (χ4v) is 2.29. The summed E-state index contributed by atoms with van der Waals surface area (Å²) in [7, 11) is 0. The standard InChI is InChI=1S/C13H13BrN2O2/c14-10-3-4-12(9(6-10)8-15)16-13(17)7-11-2-1-5-18-11/h3-4,6,11H,1-2,5,7H2,(H,16,17). The Morgan fingerprint density at radius 3 is 3.11 bits per heavy atom. The number of carbonyl (C=O) groups is 1. The largest absolute Gasteiger partial charge is 0.378 e. The van der Waals surface area contributed by atoms with Crippen molar-refractivity contribution in [2.45, 2.75) is 25.4 Å². The number of nitrogens with one attached hydrogen (secondary N) is 1. The molecule has 1 atom stereocenters. The minimum absolute atomic E-state index is 0.0194. The quantitative estimate of drug-likeness (QED) is 0.934. The van der Waals surface area contributed by atoms with Crippen molar-refractivity contribution in [3.63, 3.8) is 0 Å². The van der Waals surface area contributed by atoms with Crippen LogP contribution >= 0.6 is 15.9 Å². The van der Waals surface area contributed by atoms with Crippen LogP contribution in [0.25, 0.3) is 0 Å². The molecule has 1 unspecified atom stereocenters. The highest BCUT2D eigenvalue weighted by atomic mass is 79.9. The Kier molecular flexibility index (Phi) is 4.34. The number of benzene rings is 1. The zero-order chi connectivity index (χ0) is 13.0. The summed E-state index contributed by atoms with van der Waals surface area (Å²) in [5.41, 5.74) is 0.994. The molecule has 4 nitrogen and oxygen atoms in total. The number of rotatable bonds is 3. The average molecular weight is 309 g/mol. The zero-order valence-corrected chi connectivity index (χ0v) is 11.4. The molecule has 0 saturated carbocycles. The predicted octanol–water partition coefficient (Wildman–Crippen LogP) is 2.83. The van der Waals surface area contributed by atoms with Crippen molar-refractivity contribution in [2.75, 3.05) is 11.9 Å². The summed E-state index contributed by atoms with van der Waals surface area (Å²) < 4.78 is 6.22. The van der Waals surface area contributed by atoms with E-state index < -0.39 is 0 Å². The Labute approximate surface area is 114 Å². The Hall–Kier alpha value is -1.38. The number of halogens is 1. The first-order valence-corrected chi connectivity index (χ1v) is 6.59. The van der Waals surface area contributed by atoms with E-state index in [1.807, 2.05) is 0 Å². The predicted molar refractivity (Wildman–Crippen MR) is 71.1 cm³/mol. The van der Waals surface area contributed by atoms with Crippen molar-refractivity contribution in [3.8, 4) is 6.07 Å². The summed E-state index contributed by atoms with van der Waals surface area (Å²) in [6.45, 7) is 0.736. The second-order valence-electron chi connectivity index (χ2n) is 4.19. The van der Waals surface area contributed by atoms with Crippen LogP contribution in [0.1, 0.15) is 24.8 Å². The molecule has 1 aromatic carbocycles. The van der Waals surface area contributed by atoms with E-state index in [-0.39, 0.29) is 12.0 Å². The van der Waals surface area contributed by atoms with Crippen LogP contribution in [0.3, 0.4) is 0 Å². The van der Waals surface area contributed by atoms with Gasteiger partial charge in [-0.15, -0.1) is 0 Å². The highest BCUT2D eigenvalue weighted by Crippen LogP contribution is 2.21. The van der Waals surface area contributed by atoms with E-state index in [4.69, 9.17) is 10.00 Å². The maximum absolute atomic E-state index is 11.8. The molecule has 0 bridgehead atoms. The average Bonchev–Trinajstić information content (AvgIpc) is 2.84. The third kappa shape index (κ3) is 3.31. The third-order valence-electron chi connectivity index (χ3n) is 2.81. The van der Waals surface area contributed by atoms with E-state index in [0.717, 1.165) is 23.9 Å². The number of amides is 1. The van der Waals surface area contributed by atoms with Crippen LogP contribution in [0, 0.1) is 11.3 Å². The molecule has 5 heteroatoms. The number of hydrogen-bond acceptors (Lipinski definition) is 3. The van der Waals surface area contributed by atoms with Crippen LogP contribution in [0.2, 0.25) is 0 Å². The van der Waals surface area contributed by atoms with Crippen molar-refractivity contribution < 1.29 is 9.53 Å². The Balaban J connectivity index is 2.00. The topological polar surface area (TPSA) is 62.1 Å². The van der Waals surface area contributed by atoms with Gasteiger partial charge >= 0.3 is 0 Å². The lowest BCUT2D eigenvalue weighted by Crippen LogP contribution is -2.19. The minimum Gasteiger partial charge on any atom is -0.378 e. The monoisotopic (exact) mass is 308 g/mol. The molecule has 94 valence electrons. The van der Waals surface area contributed by atoms with Crippen LogP contribution in [0.15, 0.2) is 22.7 Å². The number of anilines is 1. The molecule has 0 aromatic heterocycles. The van der Waals surface area contributed by atoms with Crippen molar-refractivity contribution in [3.05, 3.63) is 28.2 Å². The minimum atomic E-state index is -0.110. The molecule has 1 amide bonds. The van der Waals surface area contributed by atoms with E-state index in [2.05, 4.69) is 27.3 Å². The van der Waals surface area contributed by atoms with Crippen molar-refractivity contribution in [1.82, 2.24) is 0 Å². The molecule has 2 rings (SSSR count). The molecular weight excluding hydrogens is 296 g/mol. The van der Waals surface area contributed by atoms with Gasteiger partial charge in [0, 0.05) is 11.1 Å². The van der Waals surface area contributed by atoms with Crippen LogP contribution in [0.5, 0.6) is 0 Å². The number of nitrogens with zero attached hydrogens (tertiary/aromatic N) is 1. The lowest BCUT2D eigenvalue weighted by Gasteiger charge is -2.10. The second-order valence-corrected chi connectivity index (χ2v) is 5.10. The van der Waals surface area contributed by atoms with E-state index >= 15 is 0 Å². The van der Waals surface area contributed by atoms with Crippen LogP contribution in [-0.2, 0) is 9.53 Å². The van der Waals surface area contributed by atoms with Gasteiger partial charge in [0.25, 0.3) is 0 Å². The third-order valence-corrected chi connectivity index (χ3v) is 3.31. The highest BCUT2D eigenvalue weighted by molar-refractivity contribution is 9.10. The van der Waals surface area contributed by atoms with Gasteiger partial charge in [0.2, 0.25) is 5.91 Å².